The van der Waals surface area contributed by atoms with E-state index < -0.39 is 63.8 Å². The average molecular weight is 786 g/mol. The lowest BCUT2D eigenvalue weighted by Crippen LogP contribution is -2.34. The van der Waals surface area contributed by atoms with Crippen LogP contribution in [-0.2, 0) is 37.5 Å². The van der Waals surface area contributed by atoms with Crippen LogP contribution in [0.4, 0.5) is 0 Å². The molecule has 0 radical (unpaired) electrons. The summed E-state index contributed by atoms with van der Waals surface area (Å²) in [6, 6.07) is -1.54. The Morgan fingerprint density at radius 3 is 1.87 bits per heavy atom. The van der Waals surface area contributed by atoms with Gasteiger partial charge in [-0.05, 0) is 44.9 Å². The number of aliphatic carboxylic acids is 1. The molecule has 0 amide bonds. The molecule has 0 aliphatic rings. The van der Waals surface area contributed by atoms with E-state index in [-0.39, 0.29) is 12.8 Å². The van der Waals surface area contributed by atoms with Crippen molar-refractivity contribution in [3.05, 3.63) is 48.6 Å². The molecule has 12 nitrogen and oxygen atoms in total. The number of carbonyl (C=O) groups is 3. The molecule has 0 aliphatic carbocycles. The van der Waals surface area contributed by atoms with Gasteiger partial charge in [0.25, 0.3) is 0 Å². The number of unbranched alkanes of at least 4 members (excludes halogenated alkanes) is 15. The SMILES string of the molecule is CCCCC/C=C\C/C=C\CC(O)/C=C\C=C\CCCC(=O)OC[C@H](COP(=O)(O)OC[C@H](N)C(=O)O)OC(=O)CCCCCCCCCCCCCC. The number of phosphoric acid groups is 1. The van der Waals surface area contributed by atoms with Gasteiger partial charge in [-0.3, -0.25) is 23.4 Å². The molecule has 0 heterocycles. The van der Waals surface area contributed by atoms with E-state index in [1.54, 1.807) is 18.2 Å². The van der Waals surface area contributed by atoms with Crippen LogP contribution in [0.15, 0.2) is 48.6 Å². The number of hydrogen-bond acceptors (Lipinski definition) is 10. The fourth-order valence-corrected chi connectivity index (χ4v) is 5.91. The number of nitrogens with two attached hydrogens (primary N) is 1. The fourth-order valence-electron chi connectivity index (χ4n) is 5.14. The fraction of sp³-hybridized carbons (Fsp3) is 0.732. The molecule has 54 heavy (non-hydrogen) atoms. The number of ether oxygens (including phenoxy) is 2. The highest BCUT2D eigenvalue weighted by Crippen LogP contribution is 2.43. The van der Waals surface area contributed by atoms with Gasteiger partial charge in [0.2, 0.25) is 0 Å². The van der Waals surface area contributed by atoms with Crippen LogP contribution in [0.1, 0.15) is 155 Å². The lowest BCUT2D eigenvalue weighted by molar-refractivity contribution is -0.161. The second-order valence-electron chi connectivity index (χ2n) is 13.6. The Hall–Kier alpha value is -2.60. The van der Waals surface area contributed by atoms with Crippen molar-refractivity contribution in [3.8, 4) is 0 Å². The van der Waals surface area contributed by atoms with Gasteiger partial charge < -0.3 is 30.3 Å². The van der Waals surface area contributed by atoms with E-state index in [1.165, 1.54) is 70.6 Å². The molecule has 13 heteroatoms. The van der Waals surface area contributed by atoms with E-state index in [0.717, 1.165) is 32.1 Å². The first-order chi connectivity index (χ1) is 26.0. The van der Waals surface area contributed by atoms with E-state index in [1.807, 2.05) is 18.2 Å². The molecule has 0 aromatic carbocycles. The van der Waals surface area contributed by atoms with Crippen molar-refractivity contribution in [2.45, 2.75) is 173 Å². The summed E-state index contributed by atoms with van der Waals surface area (Å²) in [5.74, 6) is -2.53. The van der Waals surface area contributed by atoms with Crippen LogP contribution in [0.2, 0.25) is 0 Å². The number of aliphatic hydroxyl groups excluding tert-OH is 1. The van der Waals surface area contributed by atoms with Crippen molar-refractivity contribution in [1.29, 1.82) is 0 Å². The predicted molar refractivity (Wildman–Crippen MR) is 214 cm³/mol. The standard InChI is InChI=1S/C41H72NO11P/c1-3-5-7-9-11-13-14-15-17-19-23-28-32-40(45)53-37(34-51-54(48,49)52-35-38(42)41(46)47)33-50-39(44)31-27-24-20-22-26-30-36(43)29-25-21-18-16-12-10-8-6-4-2/h12,16,20-22,25-26,30,36-38,43H,3-11,13-15,17-19,23-24,27-29,31-35,42H2,1-2H3,(H,46,47)(H,48,49)/b16-12-,22-20+,25-21-,30-26-/t36?,37-,38+/m1/s1. The molecule has 0 spiro atoms. The maximum absolute atomic E-state index is 12.6. The zero-order valence-corrected chi connectivity index (χ0v) is 34.1. The summed E-state index contributed by atoms with van der Waals surface area (Å²) >= 11 is 0. The van der Waals surface area contributed by atoms with Crippen LogP contribution in [0, 0.1) is 0 Å². The number of esters is 2. The van der Waals surface area contributed by atoms with Crippen LogP contribution < -0.4 is 5.73 Å². The molecule has 312 valence electrons. The predicted octanol–water partition coefficient (Wildman–Crippen LogP) is 9.19. The quantitative estimate of drug-likeness (QED) is 0.0154. The lowest BCUT2D eigenvalue weighted by Gasteiger charge is -2.20. The first-order valence-corrected chi connectivity index (χ1v) is 21.8. The maximum atomic E-state index is 12.6. The molecule has 0 fully saturated rings. The van der Waals surface area contributed by atoms with Crippen molar-refractivity contribution < 1.29 is 52.6 Å². The average Bonchev–Trinajstić information content (AvgIpc) is 3.14. The molecule has 0 aromatic rings. The smallest absolute Gasteiger partial charge is 0.472 e. The second-order valence-corrected chi connectivity index (χ2v) is 15.1. The topological polar surface area (TPSA) is 192 Å². The number of hydrogen-bond donors (Lipinski definition) is 4. The molecule has 0 rings (SSSR count). The summed E-state index contributed by atoms with van der Waals surface area (Å²) in [4.78, 5) is 45.8. The number of aliphatic hydroxyl groups is 1. The third-order valence-electron chi connectivity index (χ3n) is 8.41. The number of phosphoric ester groups is 1. The Balaban J connectivity index is 4.58. The van der Waals surface area contributed by atoms with Gasteiger partial charge in [-0.2, -0.15) is 0 Å². The largest absolute Gasteiger partial charge is 0.480 e. The molecule has 2 unspecified atom stereocenters. The van der Waals surface area contributed by atoms with Gasteiger partial charge in [0.15, 0.2) is 6.10 Å². The number of allylic oxidation sites excluding steroid dienone is 6. The van der Waals surface area contributed by atoms with Crippen LogP contribution in [0.3, 0.4) is 0 Å². The molecular weight excluding hydrogens is 713 g/mol. The highest BCUT2D eigenvalue weighted by molar-refractivity contribution is 7.47. The third kappa shape index (κ3) is 35.1. The first-order valence-electron chi connectivity index (χ1n) is 20.3. The minimum atomic E-state index is -4.74. The Labute approximate surface area is 325 Å². The number of carboxylic acid groups (broad SMARTS) is 1. The zero-order valence-electron chi connectivity index (χ0n) is 33.2. The number of carbonyl (C=O) groups excluding carboxylic acids is 2. The van der Waals surface area contributed by atoms with Gasteiger partial charge in [-0.1, -0.05) is 146 Å². The van der Waals surface area contributed by atoms with E-state index in [2.05, 4.69) is 30.5 Å². The van der Waals surface area contributed by atoms with Crippen LogP contribution in [0.5, 0.6) is 0 Å². The van der Waals surface area contributed by atoms with Crippen LogP contribution >= 0.6 is 7.82 Å². The number of carboxylic acids is 1. The molecule has 0 saturated heterocycles. The van der Waals surface area contributed by atoms with E-state index in [0.29, 0.717) is 25.7 Å². The summed E-state index contributed by atoms with van der Waals surface area (Å²) in [6.07, 6.45) is 35.0. The van der Waals surface area contributed by atoms with Gasteiger partial charge in [0.05, 0.1) is 19.3 Å². The molecule has 0 aromatic heterocycles. The van der Waals surface area contributed by atoms with Crippen LogP contribution in [0.25, 0.3) is 0 Å². The molecule has 0 bridgehead atoms. The summed E-state index contributed by atoms with van der Waals surface area (Å²) in [7, 11) is -4.74. The van der Waals surface area contributed by atoms with E-state index in [9.17, 15) is 28.9 Å². The molecule has 4 atom stereocenters. The Morgan fingerprint density at radius 1 is 0.667 bits per heavy atom. The molecular formula is C41H72NO11P. The van der Waals surface area contributed by atoms with Gasteiger partial charge in [-0.15, -0.1) is 0 Å². The molecule has 0 aliphatic heterocycles. The summed E-state index contributed by atoms with van der Waals surface area (Å²) in [5.41, 5.74) is 5.31. The van der Waals surface area contributed by atoms with Gasteiger partial charge in [0, 0.05) is 12.8 Å². The monoisotopic (exact) mass is 785 g/mol. The molecule has 5 N–H and O–H groups in total. The normalized spacial score (nSPS) is 14.9. The van der Waals surface area contributed by atoms with Crippen molar-refractivity contribution in [2.24, 2.45) is 5.73 Å². The Kier molecular flexibility index (Phi) is 34.3. The van der Waals surface area contributed by atoms with Crippen molar-refractivity contribution in [1.82, 2.24) is 0 Å². The second kappa shape index (κ2) is 36.1. The minimum Gasteiger partial charge on any atom is -0.480 e. The Bertz CT molecular complexity index is 1120. The minimum absolute atomic E-state index is 0.0869. The van der Waals surface area contributed by atoms with Gasteiger partial charge >= 0.3 is 25.7 Å². The summed E-state index contributed by atoms with van der Waals surface area (Å²) < 4.78 is 32.5. The highest BCUT2D eigenvalue weighted by Gasteiger charge is 2.28. The van der Waals surface area contributed by atoms with Crippen LogP contribution in [-0.4, -0.2) is 71.1 Å². The summed E-state index contributed by atoms with van der Waals surface area (Å²) in [5, 5.41) is 19.0. The van der Waals surface area contributed by atoms with Crippen molar-refractivity contribution >= 4 is 25.7 Å². The van der Waals surface area contributed by atoms with Gasteiger partial charge in [0.1, 0.15) is 12.6 Å². The van der Waals surface area contributed by atoms with Crippen molar-refractivity contribution in [3.63, 3.8) is 0 Å². The first kappa shape index (κ1) is 51.4. The lowest BCUT2D eigenvalue weighted by atomic mass is 10.0. The van der Waals surface area contributed by atoms with E-state index >= 15 is 0 Å². The van der Waals surface area contributed by atoms with E-state index in [4.69, 9.17) is 24.8 Å². The molecule has 0 saturated carbocycles. The number of rotatable bonds is 37. The highest BCUT2D eigenvalue weighted by atomic mass is 31.2. The third-order valence-corrected chi connectivity index (χ3v) is 9.36. The zero-order chi connectivity index (χ0) is 40.1. The Morgan fingerprint density at radius 2 is 1.22 bits per heavy atom. The maximum Gasteiger partial charge on any atom is 0.472 e. The van der Waals surface area contributed by atoms with Crippen molar-refractivity contribution in [2.75, 3.05) is 19.8 Å². The van der Waals surface area contributed by atoms with Gasteiger partial charge in [-0.25, -0.2) is 4.57 Å². The summed E-state index contributed by atoms with van der Waals surface area (Å²) in [6.45, 7) is 2.60.